The van der Waals surface area contributed by atoms with Crippen molar-refractivity contribution < 1.29 is 14.3 Å². The number of aromatic nitrogens is 2. The predicted octanol–water partition coefficient (Wildman–Crippen LogP) is 4.06. The lowest BCUT2D eigenvalue weighted by Gasteiger charge is -2.15. The molecule has 2 aromatic carbocycles. The molecule has 1 heterocycles. The Morgan fingerprint density at radius 2 is 1.83 bits per heavy atom. The Morgan fingerprint density at radius 3 is 2.59 bits per heavy atom. The lowest BCUT2D eigenvalue weighted by Crippen LogP contribution is -2.32. The molecule has 0 aliphatic carbocycles. The minimum Gasteiger partial charge on any atom is -0.490 e. The summed E-state index contributed by atoms with van der Waals surface area (Å²) in [7, 11) is 0. The van der Waals surface area contributed by atoms with Gasteiger partial charge in [-0.3, -0.25) is 9.48 Å². The Morgan fingerprint density at radius 1 is 1.10 bits per heavy atom. The summed E-state index contributed by atoms with van der Waals surface area (Å²) in [5.41, 5.74) is 2.99. The largest absolute Gasteiger partial charge is 0.490 e. The van der Waals surface area contributed by atoms with Gasteiger partial charge >= 0.3 is 0 Å². The van der Waals surface area contributed by atoms with Gasteiger partial charge in [0.2, 0.25) is 5.91 Å². The minimum absolute atomic E-state index is 0.0470. The van der Waals surface area contributed by atoms with Crippen molar-refractivity contribution in [2.45, 2.75) is 40.2 Å². The van der Waals surface area contributed by atoms with E-state index in [-0.39, 0.29) is 11.9 Å². The molecule has 6 nitrogen and oxygen atoms in total. The second-order valence-electron chi connectivity index (χ2n) is 6.91. The number of carbonyl (C=O) groups is 1. The number of nitrogens with zero attached hydrogens (tertiary/aromatic N) is 2. The van der Waals surface area contributed by atoms with Crippen LogP contribution in [0.2, 0.25) is 0 Å². The molecule has 1 aromatic heterocycles. The lowest BCUT2D eigenvalue weighted by atomic mass is 10.1. The number of para-hydroxylation sites is 1. The van der Waals surface area contributed by atoms with Crippen LogP contribution in [0.1, 0.15) is 38.1 Å². The highest BCUT2D eigenvalue weighted by Crippen LogP contribution is 2.28. The zero-order chi connectivity index (χ0) is 20.8. The van der Waals surface area contributed by atoms with Crippen molar-refractivity contribution in [3.05, 3.63) is 53.7 Å². The highest BCUT2D eigenvalue weighted by atomic mass is 16.5. The molecule has 0 bridgehead atoms. The van der Waals surface area contributed by atoms with E-state index in [1.807, 2.05) is 70.2 Å². The topological polar surface area (TPSA) is 65.4 Å². The van der Waals surface area contributed by atoms with Crippen molar-refractivity contribution in [2.24, 2.45) is 0 Å². The summed E-state index contributed by atoms with van der Waals surface area (Å²) in [6, 6.07) is 13.5. The van der Waals surface area contributed by atoms with Crippen molar-refractivity contribution in [2.75, 3.05) is 19.8 Å². The second kappa shape index (κ2) is 9.45. The van der Waals surface area contributed by atoms with Crippen LogP contribution in [0.25, 0.3) is 10.9 Å². The van der Waals surface area contributed by atoms with Crippen LogP contribution in [0.15, 0.2) is 42.5 Å². The van der Waals surface area contributed by atoms with Gasteiger partial charge in [0.1, 0.15) is 6.04 Å². The van der Waals surface area contributed by atoms with Crippen LogP contribution in [-0.4, -0.2) is 35.4 Å². The fourth-order valence-electron chi connectivity index (χ4n) is 3.38. The maximum atomic E-state index is 12.7. The van der Waals surface area contributed by atoms with Gasteiger partial charge in [-0.25, -0.2) is 0 Å². The number of hydrogen-bond donors (Lipinski definition) is 1. The third-order valence-corrected chi connectivity index (χ3v) is 4.87. The summed E-state index contributed by atoms with van der Waals surface area (Å²) in [6.45, 7) is 9.45. The normalized spacial score (nSPS) is 12.0. The molecule has 6 heteroatoms. The number of hydrogen-bond acceptors (Lipinski definition) is 4. The number of carbonyl (C=O) groups excluding carboxylic acids is 1. The van der Waals surface area contributed by atoms with Crippen LogP contribution in [0.3, 0.4) is 0 Å². The smallest absolute Gasteiger partial charge is 0.244 e. The van der Waals surface area contributed by atoms with E-state index < -0.39 is 0 Å². The molecule has 0 aliphatic heterocycles. The van der Waals surface area contributed by atoms with E-state index in [4.69, 9.17) is 9.47 Å². The van der Waals surface area contributed by atoms with Gasteiger partial charge in [0.25, 0.3) is 0 Å². The molecular formula is C23H29N3O3. The lowest BCUT2D eigenvalue weighted by molar-refractivity contribution is -0.124. The molecule has 0 spiro atoms. The number of amides is 1. The highest BCUT2D eigenvalue weighted by Gasteiger charge is 2.19. The van der Waals surface area contributed by atoms with Crippen LogP contribution >= 0.6 is 0 Å². The van der Waals surface area contributed by atoms with E-state index in [0.717, 1.165) is 33.7 Å². The number of nitrogens with one attached hydrogen (secondary N) is 1. The van der Waals surface area contributed by atoms with E-state index >= 15 is 0 Å². The van der Waals surface area contributed by atoms with Gasteiger partial charge in [-0.05, 0) is 57.9 Å². The van der Waals surface area contributed by atoms with Gasteiger partial charge in [-0.1, -0.05) is 24.3 Å². The molecule has 0 fully saturated rings. The number of benzene rings is 2. The van der Waals surface area contributed by atoms with Crippen molar-refractivity contribution in [3.63, 3.8) is 0 Å². The first-order valence-corrected chi connectivity index (χ1v) is 10.1. The second-order valence-corrected chi connectivity index (χ2v) is 6.91. The third-order valence-electron chi connectivity index (χ3n) is 4.87. The summed E-state index contributed by atoms with van der Waals surface area (Å²) in [6.07, 6.45) is 0.712. The summed E-state index contributed by atoms with van der Waals surface area (Å²) >= 11 is 0. The summed E-state index contributed by atoms with van der Waals surface area (Å²) in [5.74, 6) is 1.44. The van der Waals surface area contributed by atoms with E-state index in [9.17, 15) is 4.79 Å². The summed E-state index contributed by atoms with van der Waals surface area (Å²) in [5, 5.41) is 8.66. The zero-order valence-electron chi connectivity index (χ0n) is 17.6. The molecule has 29 heavy (non-hydrogen) atoms. The number of ether oxygens (including phenoxy) is 2. The van der Waals surface area contributed by atoms with Gasteiger partial charge in [0.15, 0.2) is 11.5 Å². The van der Waals surface area contributed by atoms with Crippen LogP contribution in [0, 0.1) is 6.92 Å². The SMILES string of the molecule is CCOc1ccc(CCNC(=O)[C@H](C)n2nc(C)c3ccccc32)cc1OCC. The first kappa shape index (κ1) is 20.7. The van der Waals surface area contributed by atoms with Gasteiger partial charge in [0, 0.05) is 11.9 Å². The van der Waals surface area contributed by atoms with Gasteiger partial charge in [-0.2, -0.15) is 5.10 Å². The van der Waals surface area contributed by atoms with Crippen LogP contribution in [0.4, 0.5) is 0 Å². The zero-order valence-corrected chi connectivity index (χ0v) is 17.6. The molecule has 0 radical (unpaired) electrons. The number of fused-ring (bicyclic) bond motifs is 1. The van der Waals surface area contributed by atoms with Crippen molar-refractivity contribution in [1.82, 2.24) is 15.1 Å². The Balaban J connectivity index is 1.62. The van der Waals surface area contributed by atoms with E-state index in [1.54, 1.807) is 4.68 Å². The Labute approximate surface area is 171 Å². The van der Waals surface area contributed by atoms with Crippen molar-refractivity contribution >= 4 is 16.8 Å². The summed E-state index contributed by atoms with van der Waals surface area (Å²) in [4.78, 5) is 12.7. The standard InChI is InChI=1S/C23H29N3O3/c1-5-28-21-12-11-18(15-22(21)29-6-2)13-14-24-23(27)17(4)26-20-10-8-7-9-19(20)16(3)25-26/h7-12,15,17H,5-6,13-14H2,1-4H3,(H,24,27)/t17-/m0/s1. The maximum Gasteiger partial charge on any atom is 0.244 e. The molecule has 0 saturated carbocycles. The number of aryl methyl sites for hydroxylation is 1. The minimum atomic E-state index is -0.382. The Bertz CT molecular complexity index is 981. The van der Waals surface area contributed by atoms with Crippen LogP contribution in [-0.2, 0) is 11.2 Å². The Kier molecular flexibility index (Phi) is 6.75. The van der Waals surface area contributed by atoms with Crippen LogP contribution < -0.4 is 14.8 Å². The molecule has 0 unspecified atom stereocenters. The monoisotopic (exact) mass is 395 g/mol. The van der Waals surface area contributed by atoms with E-state index in [0.29, 0.717) is 26.2 Å². The molecule has 1 atom stereocenters. The molecule has 154 valence electrons. The maximum absolute atomic E-state index is 12.7. The van der Waals surface area contributed by atoms with Gasteiger partial charge in [0.05, 0.1) is 24.4 Å². The average molecular weight is 396 g/mol. The van der Waals surface area contributed by atoms with E-state index in [1.165, 1.54) is 0 Å². The molecule has 0 aliphatic rings. The molecule has 0 saturated heterocycles. The van der Waals surface area contributed by atoms with Crippen molar-refractivity contribution in [1.29, 1.82) is 0 Å². The summed E-state index contributed by atoms with van der Waals surface area (Å²) < 4.78 is 13.1. The third kappa shape index (κ3) is 4.70. The fraction of sp³-hybridized carbons (Fsp3) is 0.391. The molecular weight excluding hydrogens is 366 g/mol. The quantitative estimate of drug-likeness (QED) is 0.593. The molecule has 1 amide bonds. The fourth-order valence-corrected chi connectivity index (χ4v) is 3.38. The van der Waals surface area contributed by atoms with Crippen molar-refractivity contribution in [3.8, 4) is 11.5 Å². The van der Waals surface area contributed by atoms with Gasteiger partial charge < -0.3 is 14.8 Å². The highest BCUT2D eigenvalue weighted by molar-refractivity contribution is 5.86. The van der Waals surface area contributed by atoms with Crippen LogP contribution in [0.5, 0.6) is 11.5 Å². The van der Waals surface area contributed by atoms with Gasteiger partial charge in [-0.15, -0.1) is 0 Å². The first-order chi connectivity index (χ1) is 14.0. The number of rotatable bonds is 9. The first-order valence-electron chi connectivity index (χ1n) is 10.1. The predicted molar refractivity (Wildman–Crippen MR) is 115 cm³/mol. The average Bonchev–Trinajstić information content (AvgIpc) is 3.06. The Hall–Kier alpha value is -3.02. The molecule has 3 aromatic rings. The molecule has 3 rings (SSSR count). The molecule has 1 N–H and O–H groups in total. The van der Waals surface area contributed by atoms with E-state index in [2.05, 4.69) is 10.4 Å².